The van der Waals surface area contributed by atoms with Crippen LogP contribution < -0.4 is 5.46 Å². The van der Waals surface area contributed by atoms with Crippen molar-refractivity contribution in [3.05, 3.63) is 24.3 Å². The lowest BCUT2D eigenvalue weighted by Gasteiger charge is -2.35. The molecule has 0 bridgehead atoms. The Morgan fingerprint density at radius 1 is 1.03 bits per heavy atom. The van der Waals surface area contributed by atoms with E-state index in [0.717, 1.165) is 5.46 Å². The number of likely N-dealkylation sites (tertiary alicyclic amines) is 1. The molecule has 0 aliphatic carbocycles. The first-order valence-corrected chi connectivity index (χ1v) is 12.8. The molecule has 2 aliphatic heterocycles. The third-order valence-corrected chi connectivity index (χ3v) is 8.66. The number of carbonyl (C=O) groups is 1. The summed E-state index contributed by atoms with van der Waals surface area (Å²) in [5.74, 6) is 0.310. The monoisotopic (exact) mass is 449 g/mol. The molecular formula is C23H36BNO5S. The fourth-order valence-corrected chi connectivity index (χ4v) is 5.69. The van der Waals surface area contributed by atoms with E-state index < -0.39 is 33.6 Å². The highest BCUT2D eigenvalue weighted by molar-refractivity contribution is 7.91. The Bertz CT molecular complexity index is 894. The molecule has 0 aromatic heterocycles. The predicted molar refractivity (Wildman–Crippen MR) is 123 cm³/mol. The van der Waals surface area contributed by atoms with Crippen LogP contribution in [0.1, 0.15) is 61.3 Å². The van der Waals surface area contributed by atoms with Gasteiger partial charge >= 0.3 is 7.12 Å². The molecule has 0 N–H and O–H groups in total. The fraction of sp³-hybridized carbons (Fsp3) is 0.696. The Morgan fingerprint density at radius 3 is 1.97 bits per heavy atom. The lowest BCUT2D eigenvalue weighted by molar-refractivity contribution is -0.140. The van der Waals surface area contributed by atoms with E-state index >= 15 is 0 Å². The molecule has 8 heteroatoms. The van der Waals surface area contributed by atoms with E-state index in [1.54, 1.807) is 24.3 Å². The molecule has 3 rings (SSSR count). The van der Waals surface area contributed by atoms with E-state index in [1.165, 1.54) is 0 Å². The summed E-state index contributed by atoms with van der Waals surface area (Å²) in [5, 5.41) is 0. The van der Waals surface area contributed by atoms with Crippen molar-refractivity contribution in [3.8, 4) is 0 Å². The molecule has 172 valence electrons. The molecule has 1 amide bonds. The number of hydrogen-bond donors (Lipinski definition) is 0. The summed E-state index contributed by atoms with van der Waals surface area (Å²) >= 11 is 0. The van der Waals surface area contributed by atoms with Gasteiger partial charge in [0.2, 0.25) is 5.91 Å². The van der Waals surface area contributed by atoms with Gasteiger partial charge in [-0.1, -0.05) is 32.9 Å². The highest BCUT2D eigenvalue weighted by Crippen LogP contribution is 2.36. The average molecular weight is 449 g/mol. The van der Waals surface area contributed by atoms with Gasteiger partial charge in [0, 0.05) is 18.5 Å². The van der Waals surface area contributed by atoms with Crippen molar-refractivity contribution in [2.24, 2.45) is 11.3 Å². The second-order valence-corrected chi connectivity index (χ2v) is 13.0. The van der Waals surface area contributed by atoms with Crippen LogP contribution in [-0.2, 0) is 23.9 Å². The molecule has 0 atom stereocenters. The Labute approximate surface area is 187 Å². The molecule has 6 nitrogen and oxygen atoms in total. The normalized spacial score (nSPS) is 22.0. The van der Waals surface area contributed by atoms with E-state index in [0.29, 0.717) is 30.8 Å². The minimum absolute atomic E-state index is 0.0665. The van der Waals surface area contributed by atoms with Crippen LogP contribution in [0.3, 0.4) is 0 Å². The van der Waals surface area contributed by atoms with Gasteiger partial charge in [0.15, 0.2) is 9.84 Å². The van der Waals surface area contributed by atoms with Crippen LogP contribution in [0.15, 0.2) is 29.2 Å². The molecular weight excluding hydrogens is 413 g/mol. The van der Waals surface area contributed by atoms with Crippen LogP contribution in [0.5, 0.6) is 0 Å². The van der Waals surface area contributed by atoms with E-state index in [-0.39, 0.29) is 17.6 Å². The van der Waals surface area contributed by atoms with Gasteiger partial charge in [-0.3, -0.25) is 4.79 Å². The van der Waals surface area contributed by atoms with Crippen LogP contribution in [0, 0.1) is 11.3 Å². The number of hydrogen-bond acceptors (Lipinski definition) is 5. The number of carbonyl (C=O) groups excluding carboxylic acids is 1. The predicted octanol–water partition coefficient (Wildman–Crippen LogP) is 3.04. The van der Waals surface area contributed by atoms with Gasteiger partial charge in [-0.05, 0) is 64.1 Å². The summed E-state index contributed by atoms with van der Waals surface area (Å²) < 4.78 is 38.0. The quantitative estimate of drug-likeness (QED) is 0.661. The molecule has 1 aromatic carbocycles. The summed E-state index contributed by atoms with van der Waals surface area (Å²) in [5.41, 5.74) is -0.471. The Kier molecular flexibility index (Phi) is 6.42. The largest absolute Gasteiger partial charge is 0.494 e. The Hall–Kier alpha value is -1.38. The maximum absolute atomic E-state index is 13.0. The number of nitrogens with zero attached hydrogens (tertiary/aromatic N) is 1. The van der Waals surface area contributed by atoms with Crippen molar-refractivity contribution in [3.63, 3.8) is 0 Å². The summed E-state index contributed by atoms with van der Waals surface area (Å²) in [7, 11) is -3.91. The maximum atomic E-state index is 13.0. The fourth-order valence-electron chi connectivity index (χ4n) is 4.00. The van der Waals surface area contributed by atoms with Crippen molar-refractivity contribution >= 4 is 28.3 Å². The molecule has 31 heavy (non-hydrogen) atoms. The molecule has 0 spiro atoms. The number of sulfone groups is 1. The number of rotatable bonds is 4. The number of amides is 1. The van der Waals surface area contributed by atoms with Gasteiger partial charge in [-0.15, -0.1) is 0 Å². The molecule has 2 saturated heterocycles. The molecule has 2 heterocycles. The SMILES string of the molecule is CC(C)(C)C(=O)N1CCC(CS(=O)(=O)c2ccc(B3OC(C)(C)C(C)(C)O3)cc2)CC1. The van der Waals surface area contributed by atoms with Crippen molar-refractivity contribution in [1.29, 1.82) is 0 Å². The number of piperidine rings is 1. The molecule has 2 fully saturated rings. The summed E-state index contributed by atoms with van der Waals surface area (Å²) in [6.45, 7) is 15.0. The zero-order valence-corrected chi connectivity index (χ0v) is 20.7. The number of benzene rings is 1. The van der Waals surface area contributed by atoms with Gasteiger partial charge in [-0.25, -0.2) is 8.42 Å². The zero-order valence-electron chi connectivity index (χ0n) is 19.9. The lowest BCUT2D eigenvalue weighted by Crippen LogP contribution is -2.44. The smallest absolute Gasteiger partial charge is 0.399 e. The zero-order chi connectivity index (χ0) is 23.2. The van der Waals surface area contributed by atoms with E-state index in [9.17, 15) is 13.2 Å². The minimum atomic E-state index is -3.40. The second-order valence-electron chi connectivity index (χ2n) is 10.9. The van der Waals surface area contributed by atoms with Crippen LogP contribution in [0.4, 0.5) is 0 Å². The first kappa shape index (κ1) is 24.3. The van der Waals surface area contributed by atoms with Crippen molar-refractivity contribution in [1.82, 2.24) is 4.90 Å². The summed E-state index contributed by atoms with van der Waals surface area (Å²) in [6, 6.07) is 6.85. The van der Waals surface area contributed by atoms with Crippen molar-refractivity contribution < 1.29 is 22.5 Å². The molecule has 1 aromatic rings. The first-order chi connectivity index (χ1) is 14.1. The second kappa shape index (κ2) is 8.20. The van der Waals surface area contributed by atoms with Gasteiger partial charge in [0.1, 0.15) is 0 Å². The van der Waals surface area contributed by atoms with E-state index in [1.807, 2.05) is 53.4 Å². The topological polar surface area (TPSA) is 72.9 Å². The molecule has 0 saturated carbocycles. The summed E-state index contributed by atoms with van der Waals surface area (Å²) in [4.78, 5) is 14.6. The Morgan fingerprint density at radius 2 is 1.52 bits per heavy atom. The van der Waals surface area contributed by atoms with Crippen molar-refractivity contribution in [2.75, 3.05) is 18.8 Å². The highest BCUT2D eigenvalue weighted by Gasteiger charge is 2.51. The summed E-state index contributed by atoms with van der Waals surface area (Å²) in [6.07, 6.45) is 1.43. The standard InChI is InChI=1S/C23H36BNO5S/c1-21(2,3)20(26)25-14-12-17(13-15-25)16-31(27,28)19-10-8-18(9-11-19)24-29-22(4,5)23(6,7)30-24/h8-11,17H,12-16H2,1-7H3. The van der Waals surface area contributed by atoms with Gasteiger partial charge in [0.05, 0.1) is 21.9 Å². The van der Waals surface area contributed by atoms with Crippen LogP contribution in [-0.4, -0.2) is 56.4 Å². The van der Waals surface area contributed by atoms with Crippen LogP contribution >= 0.6 is 0 Å². The average Bonchev–Trinajstić information content (AvgIpc) is 2.88. The molecule has 0 radical (unpaired) electrons. The van der Waals surface area contributed by atoms with Crippen LogP contribution in [0.25, 0.3) is 0 Å². The molecule has 2 aliphatic rings. The third kappa shape index (κ3) is 5.17. The molecule has 0 unspecified atom stereocenters. The van der Waals surface area contributed by atoms with E-state index in [2.05, 4.69) is 0 Å². The maximum Gasteiger partial charge on any atom is 0.494 e. The highest BCUT2D eigenvalue weighted by atomic mass is 32.2. The van der Waals surface area contributed by atoms with Gasteiger partial charge < -0.3 is 14.2 Å². The van der Waals surface area contributed by atoms with Gasteiger partial charge in [-0.2, -0.15) is 0 Å². The van der Waals surface area contributed by atoms with Crippen molar-refractivity contribution in [2.45, 2.75) is 77.4 Å². The van der Waals surface area contributed by atoms with Gasteiger partial charge in [0.25, 0.3) is 0 Å². The van der Waals surface area contributed by atoms with E-state index in [4.69, 9.17) is 9.31 Å². The lowest BCUT2D eigenvalue weighted by atomic mass is 9.79. The third-order valence-electron chi connectivity index (χ3n) is 6.76. The first-order valence-electron chi connectivity index (χ1n) is 11.1. The minimum Gasteiger partial charge on any atom is -0.399 e. The van der Waals surface area contributed by atoms with Crippen LogP contribution in [0.2, 0.25) is 0 Å². The Balaban J connectivity index is 1.61.